The Balaban J connectivity index is 1.50. The number of nitrogen functional groups attached to an aromatic ring is 1. The third-order valence-corrected chi connectivity index (χ3v) is 6.56. The second-order valence-electron chi connectivity index (χ2n) is 9.16. The van der Waals surface area contributed by atoms with Crippen molar-refractivity contribution in [3.63, 3.8) is 0 Å². The molecule has 0 unspecified atom stereocenters. The lowest BCUT2D eigenvalue weighted by atomic mass is 9.76. The summed E-state index contributed by atoms with van der Waals surface area (Å²) in [4.78, 5) is 15.8. The van der Waals surface area contributed by atoms with Gasteiger partial charge in [0.25, 0.3) is 0 Å². The molecular formula is C24H26ClN5O. The fourth-order valence-corrected chi connectivity index (χ4v) is 4.61. The third kappa shape index (κ3) is 3.92. The molecule has 0 radical (unpaired) electrons. The molecule has 5 rings (SSSR count). The molecule has 3 aromatic rings. The van der Waals surface area contributed by atoms with Crippen LogP contribution in [0.5, 0.6) is 5.75 Å². The van der Waals surface area contributed by atoms with Gasteiger partial charge in [0.05, 0.1) is 12.2 Å². The van der Waals surface area contributed by atoms with Crippen molar-refractivity contribution in [2.45, 2.75) is 39.7 Å². The molecule has 0 bridgehead atoms. The molecule has 0 amide bonds. The van der Waals surface area contributed by atoms with Crippen molar-refractivity contribution in [1.29, 1.82) is 0 Å². The van der Waals surface area contributed by atoms with Gasteiger partial charge in [0.1, 0.15) is 24.5 Å². The van der Waals surface area contributed by atoms with E-state index in [-0.39, 0.29) is 5.41 Å². The largest absolute Gasteiger partial charge is 0.491 e. The van der Waals surface area contributed by atoms with Crippen molar-refractivity contribution in [2.24, 2.45) is 5.41 Å². The zero-order valence-electron chi connectivity index (χ0n) is 17.9. The van der Waals surface area contributed by atoms with Gasteiger partial charge in [0, 0.05) is 35.1 Å². The highest BCUT2D eigenvalue weighted by molar-refractivity contribution is 6.31. The van der Waals surface area contributed by atoms with Crippen LogP contribution in [-0.4, -0.2) is 28.1 Å². The van der Waals surface area contributed by atoms with Crippen LogP contribution in [0.1, 0.15) is 37.1 Å². The number of hydrogen-bond acceptors (Lipinski definition) is 6. The molecule has 2 N–H and O–H groups in total. The number of fused-ring (bicyclic) bond motifs is 2. The summed E-state index contributed by atoms with van der Waals surface area (Å²) in [6.07, 6.45) is 6.62. The molecule has 1 aromatic carbocycles. The molecule has 160 valence electrons. The number of hydrogen-bond donors (Lipinski definition) is 1. The van der Waals surface area contributed by atoms with Crippen molar-refractivity contribution in [1.82, 2.24) is 15.0 Å². The van der Waals surface area contributed by atoms with E-state index in [0.29, 0.717) is 17.4 Å². The Labute approximate surface area is 187 Å². The molecule has 7 heteroatoms. The Bertz CT molecular complexity index is 1150. The molecule has 1 aliphatic carbocycles. The minimum Gasteiger partial charge on any atom is -0.491 e. The van der Waals surface area contributed by atoms with Crippen molar-refractivity contribution >= 4 is 23.1 Å². The van der Waals surface area contributed by atoms with Crippen molar-refractivity contribution in [3.8, 4) is 16.9 Å². The minimum absolute atomic E-state index is 0.265. The van der Waals surface area contributed by atoms with Gasteiger partial charge in [0.2, 0.25) is 0 Å². The SMILES string of the molecule is CC1(C)CCc2ncnc(N3CCOc4ccc(-c5cnc(Cl)c(N)c5)cc4C3)c2C1. The van der Waals surface area contributed by atoms with Gasteiger partial charge in [-0.05, 0) is 48.4 Å². The van der Waals surface area contributed by atoms with Gasteiger partial charge in [-0.15, -0.1) is 0 Å². The second-order valence-corrected chi connectivity index (χ2v) is 9.52. The highest BCUT2D eigenvalue weighted by Gasteiger charge is 2.30. The molecule has 2 aliphatic rings. The van der Waals surface area contributed by atoms with Gasteiger partial charge in [-0.3, -0.25) is 0 Å². The monoisotopic (exact) mass is 435 g/mol. The van der Waals surface area contributed by atoms with E-state index in [1.807, 2.05) is 18.2 Å². The van der Waals surface area contributed by atoms with E-state index in [1.54, 1.807) is 12.5 Å². The predicted molar refractivity (Wildman–Crippen MR) is 123 cm³/mol. The molecule has 3 heterocycles. The van der Waals surface area contributed by atoms with Crippen LogP contribution in [0, 0.1) is 5.41 Å². The lowest BCUT2D eigenvalue weighted by molar-refractivity contribution is 0.310. The molecule has 0 saturated heterocycles. The smallest absolute Gasteiger partial charge is 0.151 e. The van der Waals surface area contributed by atoms with E-state index in [0.717, 1.165) is 60.6 Å². The summed E-state index contributed by atoms with van der Waals surface area (Å²) in [6, 6.07) is 8.07. The molecule has 6 nitrogen and oxygen atoms in total. The van der Waals surface area contributed by atoms with Crippen LogP contribution in [0.25, 0.3) is 11.1 Å². The van der Waals surface area contributed by atoms with E-state index >= 15 is 0 Å². The summed E-state index contributed by atoms with van der Waals surface area (Å²) in [5.74, 6) is 1.95. The van der Waals surface area contributed by atoms with E-state index in [1.165, 1.54) is 11.3 Å². The fraction of sp³-hybridized carbons (Fsp3) is 0.375. The topological polar surface area (TPSA) is 77.2 Å². The first-order valence-corrected chi connectivity index (χ1v) is 11.0. The van der Waals surface area contributed by atoms with Gasteiger partial charge in [-0.25, -0.2) is 15.0 Å². The molecular weight excluding hydrogens is 410 g/mol. The molecule has 2 aromatic heterocycles. The Hall–Kier alpha value is -2.86. The third-order valence-electron chi connectivity index (χ3n) is 6.25. The Kier molecular flexibility index (Phi) is 4.97. The van der Waals surface area contributed by atoms with Gasteiger partial charge in [-0.2, -0.15) is 0 Å². The Morgan fingerprint density at radius 2 is 2.00 bits per heavy atom. The fourth-order valence-electron chi connectivity index (χ4n) is 4.51. The highest BCUT2D eigenvalue weighted by atomic mass is 35.5. The number of rotatable bonds is 2. The van der Waals surface area contributed by atoms with Crippen LogP contribution in [-0.2, 0) is 19.4 Å². The van der Waals surface area contributed by atoms with Crippen LogP contribution in [0.15, 0.2) is 36.8 Å². The molecule has 0 fully saturated rings. The molecule has 0 spiro atoms. The summed E-state index contributed by atoms with van der Waals surface area (Å²) in [5.41, 5.74) is 12.3. The number of benzene rings is 1. The van der Waals surface area contributed by atoms with Gasteiger partial charge in [0.15, 0.2) is 5.15 Å². The molecule has 0 atom stereocenters. The maximum atomic E-state index is 6.07. The average Bonchev–Trinajstić information content (AvgIpc) is 2.96. The number of ether oxygens (including phenoxy) is 1. The molecule has 1 aliphatic heterocycles. The number of anilines is 2. The summed E-state index contributed by atoms with van der Waals surface area (Å²) < 4.78 is 6.07. The second kappa shape index (κ2) is 7.68. The summed E-state index contributed by atoms with van der Waals surface area (Å²) in [7, 11) is 0. The Morgan fingerprint density at radius 3 is 2.84 bits per heavy atom. The summed E-state index contributed by atoms with van der Waals surface area (Å²) in [5, 5.41) is 0.324. The van der Waals surface area contributed by atoms with Crippen LogP contribution < -0.4 is 15.4 Å². The summed E-state index contributed by atoms with van der Waals surface area (Å²) >= 11 is 6.00. The first-order chi connectivity index (χ1) is 14.9. The minimum atomic E-state index is 0.265. The lowest BCUT2D eigenvalue weighted by Crippen LogP contribution is -2.31. The number of aromatic nitrogens is 3. The lowest BCUT2D eigenvalue weighted by Gasteiger charge is -2.33. The number of halogens is 1. The van der Waals surface area contributed by atoms with Crippen LogP contribution in [0.3, 0.4) is 0 Å². The number of aryl methyl sites for hydroxylation is 1. The number of nitrogens with zero attached hydrogens (tertiary/aromatic N) is 4. The molecule has 0 saturated carbocycles. The zero-order valence-corrected chi connectivity index (χ0v) is 18.6. The van der Waals surface area contributed by atoms with Crippen molar-refractivity contribution < 1.29 is 4.74 Å². The van der Waals surface area contributed by atoms with Gasteiger partial charge < -0.3 is 15.4 Å². The quantitative estimate of drug-likeness (QED) is 0.588. The number of pyridine rings is 1. The first kappa shape index (κ1) is 20.1. The van der Waals surface area contributed by atoms with Crippen molar-refractivity contribution in [3.05, 3.63) is 58.8 Å². The van der Waals surface area contributed by atoms with Crippen LogP contribution in [0.4, 0.5) is 11.5 Å². The standard InChI is InChI=1S/C24H26ClN5O/c1-24(2)6-5-20-18(11-24)23(29-14-28-20)30-7-8-31-21-4-3-15(9-17(21)13-30)16-10-19(26)22(25)27-12-16/h3-4,9-10,12,14H,5-8,11,13,26H2,1-2H3. The summed E-state index contributed by atoms with van der Waals surface area (Å²) in [6.45, 7) is 6.77. The highest BCUT2D eigenvalue weighted by Crippen LogP contribution is 2.39. The van der Waals surface area contributed by atoms with Gasteiger partial charge in [-0.1, -0.05) is 31.5 Å². The Morgan fingerprint density at radius 1 is 1.13 bits per heavy atom. The maximum Gasteiger partial charge on any atom is 0.151 e. The van der Waals surface area contributed by atoms with E-state index < -0.39 is 0 Å². The van der Waals surface area contributed by atoms with Crippen LogP contribution in [0.2, 0.25) is 5.15 Å². The van der Waals surface area contributed by atoms with Gasteiger partial charge >= 0.3 is 0 Å². The zero-order chi connectivity index (χ0) is 21.6. The van der Waals surface area contributed by atoms with E-state index in [2.05, 4.69) is 34.8 Å². The van der Waals surface area contributed by atoms with Crippen molar-refractivity contribution in [2.75, 3.05) is 23.8 Å². The van der Waals surface area contributed by atoms with E-state index in [4.69, 9.17) is 27.1 Å². The predicted octanol–water partition coefficient (Wildman–Crippen LogP) is 4.69. The van der Waals surface area contributed by atoms with E-state index in [9.17, 15) is 0 Å². The number of nitrogens with two attached hydrogens (primary N) is 1. The average molecular weight is 436 g/mol. The first-order valence-electron chi connectivity index (χ1n) is 10.6. The maximum absolute atomic E-state index is 6.07. The van der Waals surface area contributed by atoms with Crippen LogP contribution >= 0.6 is 11.6 Å². The normalized spacial score (nSPS) is 17.3. The molecule has 31 heavy (non-hydrogen) atoms.